The number of hydrogen-bond donors (Lipinski definition) is 1. The van der Waals surface area contributed by atoms with Crippen molar-refractivity contribution in [2.24, 2.45) is 17.6 Å². The van der Waals surface area contributed by atoms with Gasteiger partial charge in [0.2, 0.25) is 0 Å². The summed E-state index contributed by atoms with van der Waals surface area (Å²) in [6.45, 7) is 4.64. The highest BCUT2D eigenvalue weighted by Crippen LogP contribution is 2.36. The van der Waals surface area contributed by atoms with Gasteiger partial charge in [-0.3, -0.25) is 0 Å². The molecule has 1 aromatic rings. The molecule has 1 fully saturated rings. The SMILES string of the molecule is CC(C)CC1CCCC(N)(Cc2ccc(Br)cc2)C1. The van der Waals surface area contributed by atoms with Gasteiger partial charge < -0.3 is 5.73 Å². The Labute approximate surface area is 126 Å². The normalized spacial score (nSPS) is 27.7. The fourth-order valence-electron chi connectivity index (χ4n) is 3.56. The molecule has 0 bridgehead atoms. The van der Waals surface area contributed by atoms with E-state index in [9.17, 15) is 0 Å². The molecule has 2 rings (SSSR count). The summed E-state index contributed by atoms with van der Waals surface area (Å²) >= 11 is 3.49. The zero-order chi connectivity index (χ0) is 13.9. The molecule has 2 atom stereocenters. The van der Waals surface area contributed by atoms with Gasteiger partial charge in [0.25, 0.3) is 0 Å². The lowest BCUT2D eigenvalue weighted by molar-refractivity contribution is 0.200. The smallest absolute Gasteiger partial charge is 0.0197 e. The summed E-state index contributed by atoms with van der Waals surface area (Å²) < 4.78 is 1.14. The fourth-order valence-corrected chi connectivity index (χ4v) is 3.82. The van der Waals surface area contributed by atoms with Crippen LogP contribution in [0.1, 0.15) is 51.5 Å². The van der Waals surface area contributed by atoms with E-state index in [1.54, 1.807) is 0 Å². The molecule has 2 N–H and O–H groups in total. The molecule has 19 heavy (non-hydrogen) atoms. The van der Waals surface area contributed by atoms with E-state index in [1.165, 1.54) is 37.7 Å². The van der Waals surface area contributed by atoms with Crippen LogP contribution in [-0.2, 0) is 6.42 Å². The van der Waals surface area contributed by atoms with Crippen LogP contribution >= 0.6 is 15.9 Å². The molecule has 1 aliphatic rings. The molecule has 1 saturated carbocycles. The Kier molecular flexibility index (Phi) is 5.08. The molecule has 1 nitrogen and oxygen atoms in total. The zero-order valence-corrected chi connectivity index (χ0v) is 13.7. The zero-order valence-electron chi connectivity index (χ0n) is 12.2. The van der Waals surface area contributed by atoms with Crippen molar-refractivity contribution in [3.05, 3.63) is 34.3 Å². The van der Waals surface area contributed by atoms with E-state index in [-0.39, 0.29) is 5.54 Å². The predicted molar refractivity (Wildman–Crippen MR) is 86.2 cm³/mol. The van der Waals surface area contributed by atoms with E-state index in [4.69, 9.17) is 5.73 Å². The number of benzene rings is 1. The molecule has 2 unspecified atom stereocenters. The van der Waals surface area contributed by atoms with Crippen LogP contribution in [0.5, 0.6) is 0 Å². The molecule has 1 aliphatic carbocycles. The van der Waals surface area contributed by atoms with Gasteiger partial charge in [0, 0.05) is 10.0 Å². The van der Waals surface area contributed by atoms with Crippen LogP contribution in [0, 0.1) is 11.8 Å². The van der Waals surface area contributed by atoms with E-state index in [1.807, 2.05) is 0 Å². The molecule has 1 aromatic carbocycles. The van der Waals surface area contributed by atoms with E-state index in [2.05, 4.69) is 54.0 Å². The molecule has 0 aliphatic heterocycles. The molecule has 2 heteroatoms. The minimum Gasteiger partial charge on any atom is -0.325 e. The number of rotatable bonds is 4. The topological polar surface area (TPSA) is 26.0 Å². The first-order valence-electron chi connectivity index (χ1n) is 7.50. The van der Waals surface area contributed by atoms with Crippen LogP contribution < -0.4 is 5.73 Å². The molecule has 0 aromatic heterocycles. The van der Waals surface area contributed by atoms with Crippen LogP contribution in [0.25, 0.3) is 0 Å². The Balaban J connectivity index is 1.99. The Morgan fingerprint density at radius 1 is 1.32 bits per heavy atom. The van der Waals surface area contributed by atoms with Gasteiger partial charge >= 0.3 is 0 Å². The van der Waals surface area contributed by atoms with Gasteiger partial charge in [-0.25, -0.2) is 0 Å². The van der Waals surface area contributed by atoms with E-state index >= 15 is 0 Å². The lowest BCUT2D eigenvalue weighted by Gasteiger charge is -2.39. The third kappa shape index (κ3) is 4.61. The van der Waals surface area contributed by atoms with Gasteiger partial charge in [-0.2, -0.15) is 0 Å². The molecule has 0 spiro atoms. The van der Waals surface area contributed by atoms with E-state index < -0.39 is 0 Å². The highest BCUT2D eigenvalue weighted by molar-refractivity contribution is 9.10. The van der Waals surface area contributed by atoms with Crippen LogP contribution in [0.15, 0.2) is 28.7 Å². The van der Waals surface area contributed by atoms with Gasteiger partial charge in [-0.15, -0.1) is 0 Å². The van der Waals surface area contributed by atoms with Gasteiger partial charge in [-0.05, 0) is 55.2 Å². The Hall–Kier alpha value is -0.340. The van der Waals surface area contributed by atoms with Gasteiger partial charge in [-0.1, -0.05) is 54.8 Å². The Morgan fingerprint density at radius 2 is 2.00 bits per heavy atom. The van der Waals surface area contributed by atoms with E-state index in [0.29, 0.717) is 0 Å². The van der Waals surface area contributed by atoms with Crippen molar-refractivity contribution in [1.82, 2.24) is 0 Å². The van der Waals surface area contributed by atoms with Crippen molar-refractivity contribution < 1.29 is 0 Å². The minimum absolute atomic E-state index is 0.0195. The fraction of sp³-hybridized carbons (Fsp3) is 0.647. The molecule has 0 radical (unpaired) electrons. The second-order valence-corrected chi connectivity index (χ2v) is 7.67. The maximum Gasteiger partial charge on any atom is 0.0197 e. The number of nitrogens with two attached hydrogens (primary N) is 1. The summed E-state index contributed by atoms with van der Waals surface area (Å²) in [6.07, 6.45) is 7.40. The molecule has 0 saturated heterocycles. The first-order chi connectivity index (χ1) is 8.97. The molecule has 106 valence electrons. The Bertz CT molecular complexity index is 398. The van der Waals surface area contributed by atoms with Crippen molar-refractivity contribution in [2.45, 2.75) is 57.9 Å². The van der Waals surface area contributed by atoms with Gasteiger partial charge in [0.1, 0.15) is 0 Å². The number of hydrogen-bond acceptors (Lipinski definition) is 1. The quantitative estimate of drug-likeness (QED) is 0.835. The molecule has 0 heterocycles. The highest BCUT2D eigenvalue weighted by Gasteiger charge is 2.32. The summed E-state index contributed by atoms with van der Waals surface area (Å²) in [5.74, 6) is 1.62. The van der Waals surface area contributed by atoms with Crippen molar-refractivity contribution in [3.63, 3.8) is 0 Å². The summed E-state index contributed by atoms with van der Waals surface area (Å²) in [5.41, 5.74) is 8.07. The predicted octanol–water partition coefficient (Wildman–Crippen LogP) is 4.93. The molecular formula is C17H26BrN. The maximum absolute atomic E-state index is 6.68. The summed E-state index contributed by atoms with van der Waals surface area (Å²) in [4.78, 5) is 0. The van der Waals surface area contributed by atoms with Crippen molar-refractivity contribution in [3.8, 4) is 0 Å². The van der Waals surface area contributed by atoms with Crippen molar-refractivity contribution in [1.29, 1.82) is 0 Å². The van der Waals surface area contributed by atoms with Crippen LogP contribution in [0.3, 0.4) is 0 Å². The lowest BCUT2D eigenvalue weighted by atomic mass is 9.71. The monoisotopic (exact) mass is 323 g/mol. The van der Waals surface area contributed by atoms with E-state index in [0.717, 1.165) is 22.7 Å². The first-order valence-corrected chi connectivity index (χ1v) is 8.29. The Morgan fingerprint density at radius 3 is 2.63 bits per heavy atom. The number of halogens is 1. The summed E-state index contributed by atoms with van der Waals surface area (Å²) in [6, 6.07) is 8.63. The maximum atomic E-state index is 6.68. The summed E-state index contributed by atoms with van der Waals surface area (Å²) in [5, 5.41) is 0. The first kappa shape index (κ1) is 15.1. The standard InChI is InChI=1S/C17H26BrN/c1-13(2)10-15-4-3-9-17(19,12-15)11-14-5-7-16(18)8-6-14/h5-8,13,15H,3-4,9-12,19H2,1-2H3. The highest BCUT2D eigenvalue weighted by atomic mass is 79.9. The van der Waals surface area contributed by atoms with Crippen molar-refractivity contribution in [2.75, 3.05) is 0 Å². The van der Waals surface area contributed by atoms with Crippen LogP contribution in [0.4, 0.5) is 0 Å². The average Bonchev–Trinajstić information content (AvgIpc) is 2.31. The van der Waals surface area contributed by atoms with Crippen LogP contribution in [0.2, 0.25) is 0 Å². The van der Waals surface area contributed by atoms with Crippen molar-refractivity contribution >= 4 is 15.9 Å². The third-order valence-corrected chi connectivity index (χ3v) is 4.79. The molecular weight excluding hydrogens is 298 g/mol. The molecule has 0 amide bonds. The van der Waals surface area contributed by atoms with Gasteiger partial charge in [0.15, 0.2) is 0 Å². The second-order valence-electron chi connectivity index (χ2n) is 6.76. The average molecular weight is 324 g/mol. The lowest BCUT2D eigenvalue weighted by Crippen LogP contribution is -2.46. The van der Waals surface area contributed by atoms with Gasteiger partial charge in [0.05, 0.1) is 0 Å². The minimum atomic E-state index is 0.0195. The summed E-state index contributed by atoms with van der Waals surface area (Å²) in [7, 11) is 0. The van der Waals surface area contributed by atoms with Crippen LogP contribution in [-0.4, -0.2) is 5.54 Å². The largest absolute Gasteiger partial charge is 0.325 e. The second kappa shape index (κ2) is 6.41. The third-order valence-electron chi connectivity index (χ3n) is 4.26.